The maximum atomic E-state index is 13.1. The van der Waals surface area contributed by atoms with E-state index in [0.717, 1.165) is 44.5 Å². The lowest BCUT2D eigenvalue weighted by Gasteiger charge is -2.35. The molecular formula is C21H29N3O2. The number of benzene rings is 1. The molecule has 3 unspecified atom stereocenters. The number of carbonyl (C=O) groups is 2. The van der Waals surface area contributed by atoms with Gasteiger partial charge in [-0.15, -0.1) is 0 Å². The van der Waals surface area contributed by atoms with Crippen LogP contribution in [-0.4, -0.2) is 59.9 Å². The van der Waals surface area contributed by atoms with Crippen LogP contribution in [0.25, 0.3) is 0 Å². The molecule has 26 heavy (non-hydrogen) atoms. The third-order valence-electron chi connectivity index (χ3n) is 6.16. The fourth-order valence-electron chi connectivity index (χ4n) is 4.69. The molecule has 3 fully saturated rings. The summed E-state index contributed by atoms with van der Waals surface area (Å²) in [5, 5.41) is 3.64. The minimum Gasteiger partial charge on any atom is -0.342 e. The van der Waals surface area contributed by atoms with E-state index >= 15 is 0 Å². The van der Waals surface area contributed by atoms with Crippen LogP contribution in [0.1, 0.15) is 37.7 Å². The first-order valence-electron chi connectivity index (χ1n) is 10.1. The molecule has 1 aromatic rings. The largest absolute Gasteiger partial charge is 0.342 e. The van der Waals surface area contributed by atoms with Gasteiger partial charge in [-0.3, -0.25) is 9.59 Å². The van der Waals surface area contributed by atoms with E-state index in [-0.39, 0.29) is 17.7 Å². The van der Waals surface area contributed by atoms with E-state index in [4.69, 9.17) is 0 Å². The van der Waals surface area contributed by atoms with E-state index in [0.29, 0.717) is 25.0 Å². The summed E-state index contributed by atoms with van der Waals surface area (Å²) >= 11 is 0. The van der Waals surface area contributed by atoms with E-state index in [1.54, 1.807) is 0 Å². The molecule has 3 atom stereocenters. The smallest absolute Gasteiger partial charge is 0.227 e. The molecule has 3 heterocycles. The van der Waals surface area contributed by atoms with E-state index in [1.165, 1.54) is 12.8 Å². The van der Waals surface area contributed by atoms with Crippen LogP contribution in [-0.2, 0) is 16.0 Å². The van der Waals surface area contributed by atoms with Crippen LogP contribution in [0, 0.1) is 5.92 Å². The van der Waals surface area contributed by atoms with Gasteiger partial charge in [0.15, 0.2) is 0 Å². The summed E-state index contributed by atoms with van der Waals surface area (Å²) in [6.07, 6.45) is 5.75. The van der Waals surface area contributed by atoms with Gasteiger partial charge in [-0.2, -0.15) is 0 Å². The van der Waals surface area contributed by atoms with Crippen LogP contribution in [0.4, 0.5) is 0 Å². The second-order valence-corrected chi connectivity index (χ2v) is 8.05. The summed E-state index contributed by atoms with van der Waals surface area (Å²) in [5.74, 6) is 0.377. The number of carbonyl (C=O) groups excluding carboxylic acids is 2. The first-order chi connectivity index (χ1) is 12.7. The summed E-state index contributed by atoms with van der Waals surface area (Å²) in [7, 11) is 0. The minimum atomic E-state index is -0.0277. The predicted molar refractivity (Wildman–Crippen MR) is 101 cm³/mol. The first kappa shape index (κ1) is 17.5. The summed E-state index contributed by atoms with van der Waals surface area (Å²) in [6.45, 7) is 3.06. The zero-order valence-electron chi connectivity index (χ0n) is 15.4. The molecule has 0 spiro atoms. The zero-order chi connectivity index (χ0) is 17.9. The first-order valence-corrected chi connectivity index (χ1v) is 10.1. The van der Waals surface area contributed by atoms with Crippen molar-refractivity contribution in [2.24, 2.45) is 5.92 Å². The lowest BCUT2D eigenvalue weighted by atomic mass is 9.95. The van der Waals surface area contributed by atoms with Gasteiger partial charge in [0.2, 0.25) is 11.8 Å². The SMILES string of the molecule is O=C(Cc1ccccc1)N1CCCC(C(=O)N2CCC3CCC(C2)N3)C1. The van der Waals surface area contributed by atoms with Gasteiger partial charge in [0.25, 0.3) is 0 Å². The number of likely N-dealkylation sites (tertiary alicyclic amines) is 2. The Balaban J connectivity index is 1.35. The van der Waals surface area contributed by atoms with Crippen molar-refractivity contribution in [1.29, 1.82) is 0 Å². The standard InChI is InChI=1S/C21H29N3O2/c25-20(13-16-5-2-1-3-6-16)23-11-4-7-17(14-23)21(26)24-12-10-18-8-9-19(15-24)22-18/h1-3,5-6,17-19,22H,4,7-15H2. The molecule has 3 aliphatic heterocycles. The summed E-state index contributed by atoms with van der Waals surface area (Å²) < 4.78 is 0. The average molecular weight is 355 g/mol. The highest BCUT2D eigenvalue weighted by Gasteiger charge is 2.35. The second-order valence-electron chi connectivity index (χ2n) is 8.05. The van der Waals surface area contributed by atoms with E-state index in [9.17, 15) is 9.59 Å². The molecule has 2 amide bonds. The molecule has 3 saturated heterocycles. The number of piperidine rings is 1. The summed E-state index contributed by atoms with van der Waals surface area (Å²) in [5.41, 5.74) is 1.04. The number of amides is 2. The van der Waals surface area contributed by atoms with Crippen molar-refractivity contribution in [2.75, 3.05) is 26.2 Å². The maximum Gasteiger partial charge on any atom is 0.227 e. The Bertz CT molecular complexity index is 648. The quantitative estimate of drug-likeness (QED) is 0.900. The van der Waals surface area contributed by atoms with Gasteiger partial charge in [0.1, 0.15) is 0 Å². The van der Waals surface area contributed by atoms with Gasteiger partial charge < -0.3 is 15.1 Å². The highest BCUT2D eigenvalue weighted by atomic mass is 16.2. The van der Waals surface area contributed by atoms with Gasteiger partial charge in [0, 0.05) is 38.3 Å². The van der Waals surface area contributed by atoms with Crippen LogP contribution in [0.2, 0.25) is 0 Å². The number of fused-ring (bicyclic) bond motifs is 2. The van der Waals surface area contributed by atoms with E-state index in [2.05, 4.69) is 10.2 Å². The Labute approximate surface area is 155 Å². The topological polar surface area (TPSA) is 52.7 Å². The van der Waals surface area contributed by atoms with Crippen LogP contribution in [0.3, 0.4) is 0 Å². The van der Waals surface area contributed by atoms with Crippen molar-refractivity contribution >= 4 is 11.8 Å². The van der Waals surface area contributed by atoms with Crippen LogP contribution < -0.4 is 5.32 Å². The molecule has 2 bridgehead atoms. The average Bonchev–Trinajstić information content (AvgIpc) is 3.01. The van der Waals surface area contributed by atoms with Crippen molar-refractivity contribution in [3.05, 3.63) is 35.9 Å². The highest BCUT2D eigenvalue weighted by Crippen LogP contribution is 2.24. The number of nitrogens with one attached hydrogen (secondary N) is 1. The Morgan fingerprint density at radius 3 is 2.58 bits per heavy atom. The van der Waals surface area contributed by atoms with Gasteiger partial charge in [-0.05, 0) is 37.7 Å². The fourth-order valence-corrected chi connectivity index (χ4v) is 4.69. The van der Waals surface area contributed by atoms with Crippen LogP contribution >= 0.6 is 0 Å². The third kappa shape index (κ3) is 3.93. The molecule has 140 valence electrons. The van der Waals surface area contributed by atoms with Crippen LogP contribution in [0.15, 0.2) is 30.3 Å². The predicted octanol–water partition coefficient (Wildman–Crippen LogP) is 1.82. The van der Waals surface area contributed by atoms with E-state index < -0.39 is 0 Å². The summed E-state index contributed by atoms with van der Waals surface area (Å²) in [4.78, 5) is 29.7. The van der Waals surface area contributed by atoms with Gasteiger partial charge in [-0.25, -0.2) is 0 Å². The lowest BCUT2D eigenvalue weighted by molar-refractivity contribution is -0.140. The molecule has 1 N–H and O–H groups in total. The fraction of sp³-hybridized carbons (Fsp3) is 0.619. The molecule has 4 rings (SSSR count). The molecule has 0 saturated carbocycles. The number of hydrogen-bond donors (Lipinski definition) is 1. The molecule has 0 aromatic heterocycles. The third-order valence-corrected chi connectivity index (χ3v) is 6.16. The van der Waals surface area contributed by atoms with Crippen molar-refractivity contribution in [3.8, 4) is 0 Å². The van der Waals surface area contributed by atoms with Crippen molar-refractivity contribution in [1.82, 2.24) is 15.1 Å². The highest BCUT2D eigenvalue weighted by molar-refractivity contribution is 5.82. The molecule has 5 nitrogen and oxygen atoms in total. The molecule has 0 radical (unpaired) electrons. The van der Waals surface area contributed by atoms with E-state index in [1.807, 2.05) is 35.2 Å². The minimum absolute atomic E-state index is 0.0277. The van der Waals surface area contributed by atoms with Crippen LogP contribution in [0.5, 0.6) is 0 Å². The van der Waals surface area contributed by atoms with Crippen molar-refractivity contribution in [2.45, 2.75) is 50.6 Å². The normalized spacial score (nSPS) is 28.7. The Morgan fingerprint density at radius 1 is 0.923 bits per heavy atom. The van der Waals surface area contributed by atoms with Gasteiger partial charge in [0.05, 0.1) is 12.3 Å². The number of rotatable bonds is 3. The molecule has 3 aliphatic rings. The number of hydrogen-bond acceptors (Lipinski definition) is 3. The Kier molecular flexibility index (Phi) is 5.25. The maximum absolute atomic E-state index is 13.1. The molecule has 1 aromatic carbocycles. The Hall–Kier alpha value is -1.88. The monoisotopic (exact) mass is 355 g/mol. The van der Waals surface area contributed by atoms with Gasteiger partial charge in [-0.1, -0.05) is 30.3 Å². The molecular weight excluding hydrogens is 326 g/mol. The van der Waals surface area contributed by atoms with Crippen molar-refractivity contribution in [3.63, 3.8) is 0 Å². The molecule has 0 aliphatic carbocycles. The summed E-state index contributed by atoms with van der Waals surface area (Å²) in [6, 6.07) is 10.9. The lowest BCUT2D eigenvalue weighted by Crippen LogP contribution is -2.48. The number of nitrogens with zero attached hydrogens (tertiary/aromatic N) is 2. The van der Waals surface area contributed by atoms with Crippen molar-refractivity contribution < 1.29 is 9.59 Å². The van der Waals surface area contributed by atoms with Gasteiger partial charge >= 0.3 is 0 Å². The Morgan fingerprint density at radius 2 is 1.73 bits per heavy atom. The zero-order valence-corrected chi connectivity index (χ0v) is 15.4. The molecule has 5 heteroatoms. The second kappa shape index (κ2) is 7.78.